The largest absolute Gasteiger partial charge is 0.478 e. The molecule has 0 aromatic heterocycles. The smallest absolute Gasteiger partial charge is 0.330 e. The van der Waals surface area contributed by atoms with Crippen LogP contribution in [0.25, 0.3) is 0 Å². The molecule has 0 bridgehead atoms. The van der Waals surface area contributed by atoms with E-state index >= 15 is 0 Å². The summed E-state index contributed by atoms with van der Waals surface area (Å²) in [6.45, 7) is 11.1. The molecule has 0 saturated carbocycles. The van der Waals surface area contributed by atoms with Crippen LogP contribution in [0.2, 0.25) is 0 Å². The van der Waals surface area contributed by atoms with Gasteiger partial charge in [0.05, 0.1) is 6.61 Å². The van der Waals surface area contributed by atoms with Gasteiger partial charge in [0, 0.05) is 11.6 Å². The summed E-state index contributed by atoms with van der Waals surface area (Å²) in [6.07, 6.45) is 4.04. The van der Waals surface area contributed by atoms with Crippen molar-refractivity contribution in [1.82, 2.24) is 0 Å². The van der Waals surface area contributed by atoms with Crippen LogP contribution in [0, 0.1) is 5.92 Å². The average molecular weight is 242 g/mol. The van der Waals surface area contributed by atoms with Crippen molar-refractivity contribution < 1.29 is 19.4 Å². The fraction of sp³-hybridized carbons (Fsp3) is 0.538. The highest BCUT2D eigenvalue weighted by molar-refractivity contribution is 5.84. The third kappa shape index (κ3) is 17.1. The molecule has 0 aromatic carbocycles. The zero-order valence-corrected chi connectivity index (χ0v) is 11.0. The summed E-state index contributed by atoms with van der Waals surface area (Å²) >= 11 is 0. The zero-order chi connectivity index (χ0) is 13.8. The van der Waals surface area contributed by atoms with E-state index in [2.05, 4.69) is 20.4 Å². The lowest BCUT2D eigenvalue weighted by Crippen LogP contribution is -2.04. The van der Waals surface area contributed by atoms with Crippen LogP contribution in [0.5, 0.6) is 0 Å². The van der Waals surface area contributed by atoms with Crippen molar-refractivity contribution in [1.29, 1.82) is 0 Å². The van der Waals surface area contributed by atoms with Crippen LogP contribution in [0.15, 0.2) is 24.3 Å². The zero-order valence-electron chi connectivity index (χ0n) is 11.0. The lowest BCUT2D eigenvalue weighted by molar-refractivity contribution is -0.138. The van der Waals surface area contributed by atoms with Gasteiger partial charge in [0.25, 0.3) is 0 Å². The highest BCUT2D eigenvalue weighted by atomic mass is 16.5. The van der Waals surface area contributed by atoms with E-state index in [9.17, 15) is 9.59 Å². The second-order valence-electron chi connectivity index (χ2n) is 3.94. The second-order valence-corrected chi connectivity index (χ2v) is 3.94. The number of esters is 1. The molecular weight excluding hydrogens is 220 g/mol. The van der Waals surface area contributed by atoms with E-state index in [1.54, 1.807) is 13.0 Å². The molecule has 98 valence electrons. The fourth-order valence-corrected chi connectivity index (χ4v) is 0.579. The Balaban J connectivity index is 0. The van der Waals surface area contributed by atoms with Gasteiger partial charge in [0.2, 0.25) is 0 Å². The highest BCUT2D eigenvalue weighted by Gasteiger charge is 1.97. The third-order valence-electron chi connectivity index (χ3n) is 1.61. The Morgan fingerprint density at radius 3 is 2.18 bits per heavy atom. The summed E-state index contributed by atoms with van der Waals surface area (Å²) in [6, 6.07) is 0. The van der Waals surface area contributed by atoms with Gasteiger partial charge < -0.3 is 9.84 Å². The summed E-state index contributed by atoms with van der Waals surface area (Å²) in [5.41, 5.74) is 0.176. The standard InChI is InChI=1S/C9H16O2.C4H6O2/c1-4-5-9(10)11-7-6-8(2)3;1-3(2)4(5)6/h4-5,8H,6-7H2,1-3H3;1H2,2H3,(H,5,6). The summed E-state index contributed by atoms with van der Waals surface area (Å²) < 4.78 is 4.87. The number of hydrogen-bond donors (Lipinski definition) is 1. The number of carboxylic acid groups (broad SMARTS) is 1. The highest BCUT2D eigenvalue weighted by Crippen LogP contribution is 1.98. The maximum absolute atomic E-state index is 10.7. The van der Waals surface area contributed by atoms with Crippen molar-refractivity contribution in [3.05, 3.63) is 24.3 Å². The third-order valence-corrected chi connectivity index (χ3v) is 1.61. The maximum atomic E-state index is 10.7. The first-order valence-corrected chi connectivity index (χ1v) is 5.49. The van der Waals surface area contributed by atoms with E-state index in [1.807, 2.05) is 0 Å². The Bertz CT molecular complexity index is 265. The number of ether oxygens (including phenoxy) is 1. The molecule has 0 aromatic rings. The molecule has 17 heavy (non-hydrogen) atoms. The maximum Gasteiger partial charge on any atom is 0.330 e. The average Bonchev–Trinajstić information content (AvgIpc) is 2.18. The summed E-state index contributed by atoms with van der Waals surface area (Å²) in [4.78, 5) is 20.3. The predicted molar refractivity (Wildman–Crippen MR) is 67.7 cm³/mol. The van der Waals surface area contributed by atoms with Gasteiger partial charge >= 0.3 is 11.9 Å². The Morgan fingerprint density at radius 2 is 1.88 bits per heavy atom. The lowest BCUT2D eigenvalue weighted by Gasteiger charge is -2.03. The Hall–Kier alpha value is -1.58. The van der Waals surface area contributed by atoms with Crippen LogP contribution < -0.4 is 0 Å². The van der Waals surface area contributed by atoms with Crippen LogP contribution >= 0.6 is 0 Å². The molecule has 4 heteroatoms. The molecule has 0 aliphatic carbocycles. The number of carboxylic acids is 1. The number of aliphatic carboxylic acids is 1. The molecule has 4 nitrogen and oxygen atoms in total. The van der Waals surface area contributed by atoms with Crippen LogP contribution in [0.3, 0.4) is 0 Å². The number of hydrogen-bond acceptors (Lipinski definition) is 3. The second kappa shape index (κ2) is 10.9. The molecule has 0 amide bonds. The van der Waals surface area contributed by atoms with E-state index < -0.39 is 5.97 Å². The van der Waals surface area contributed by atoms with Crippen LogP contribution in [-0.4, -0.2) is 23.7 Å². The molecule has 0 aliphatic rings. The quantitative estimate of drug-likeness (QED) is 0.594. The molecule has 0 radical (unpaired) electrons. The Morgan fingerprint density at radius 1 is 1.41 bits per heavy atom. The van der Waals surface area contributed by atoms with Crippen molar-refractivity contribution in [2.75, 3.05) is 6.61 Å². The fourth-order valence-electron chi connectivity index (χ4n) is 0.579. The molecule has 0 atom stereocenters. The van der Waals surface area contributed by atoms with Gasteiger partial charge in [0.15, 0.2) is 0 Å². The van der Waals surface area contributed by atoms with Crippen molar-refractivity contribution in [2.24, 2.45) is 5.92 Å². The molecule has 0 spiro atoms. The molecule has 0 aliphatic heterocycles. The molecule has 0 fully saturated rings. The van der Waals surface area contributed by atoms with Gasteiger partial charge in [-0.3, -0.25) is 0 Å². The van der Waals surface area contributed by atoms with E-state index in [-0.39, 0.29) is 11.5 Å². The van der Waals surface area contributed by atoms with Crippen LogP contribution in [0.1, 0.15) is 34.1 Å². The summed E-state index contributed by atoms with van der Waals surface area (Å²) in [5.74, 6) is -0.587. The van der Waals surface area contributed by atoms with E-state index in [0.717, 1.165) is 6.42 Å². The predicted octanol–water partition coefficient (Wildman–Crippen LogP) is 2.80. The first kappa shape index (κ1) is 17.8. The van der Waals surface area contributed by atoms with Gasteiger partial charge in [-0.05, 0) is 26.2 Å². The summed E-state index contributed by atoms with van der Waals surface area (Å²) in [7, 11) is 0. The minimum atomic E-state index is -0.935. The number of carbonyl (C=O) groups excluding carboxylic acids is 1. The minimum Gasteiger partial charge on any atom is -0.478 e. The van der Waals surface area contributed by atoms with Gasteiger partial charge in [-0.25, -0.2) is 9.59 Å². The van der Waals surface area contributed by atoms with E-state index in [4.69, 9.17) is 9.84 Å². The Kier molecular flexibility index (Phi) is 11.4. The number of allylic oxidation sites excluding steroid dienone is 1. The van der Waals surface area contributed by atoms with Gasteiger partial charge in [-0.1, -0.05) is 26.5 Å². The first-order chi connectivity index (χ1) is 7.81. The minimum absolute atomic E-state index is 0.176. The number of carbonyl (C=O) groups is 2. The topological polar surface area (TPSA) is 63.6 Å². The van der Waals surface area contributed by atoms with Crippen molar-refractivity contribution in [3.63, 3.8) is 0 Å². The van der Waals surface area contributed by atoms with E-state index in [1.165, 1.54) is 13.0 Å². The monoisotopic (exact) mass is 242 g/mol. The molecule has 1 N–H and O–H groups in total. The summed E-state index contributed by atoms with van der Waals surface area (Å²) in [5, 5.41) is 7.89. The Labute approximate surface area is 103 Å². The lowest BCUT2D eigenvalue weighted by atomic mass is 10.1. The molecule has 0 unspecified atom stereocenters. The van der Waals surface area contributed by atoms with Gasteiger partial charge in [-0.15, -0.1) is 0 Å². The van der Waals surface area contributed by atoms with Gasteiger partial charge in [-0.2, -0.15) is 0 Å². The molecule has 0 heterocycles. The van der Waals surface area contributed by atoms with Crippen LogP contribution in [0.4, 0.5) is 0 Å². The van der Waals surface area contributed by atoms with E-state index in [0.29, 0.717) is 12.5 Å². The van der Waals surface area contributed by atoms with Crippen molar-refractivity contribution in [2.45, 2.75) is 34.1 Å². The first-order valence-electron chi connectivity index (χ1n) is 5.49. The molecule has 0 saturated heterocycles. The van der Waals surface area contributed by atoms with Gasteiger partial charge in [0.1, 0.15) is 0 Å². The number of rotatable bonds is 5. The van der Waals surface area contributed by atoms with Crippen molar-refractivity contribution >= 4 is 11.9 Å². The SMILES string of the molecule is C=C(C)C(=O)O.CC=CC(=O)OCCC(C)C. The normalized spacial score (nSPS) is 9.71. The molecule has 0 rings (SSSR count). The molecular formula is C13H22O4. The van der Waals surface area contributed by atoms with Crippen LogP contribution in [-0.2, 0) is 14.3 Å². The van der Waals surface area contributed by atoms with Crippen molar-refractivity contribution in [3.8, 4) is 0 Å².